The van der Waals surface area contributed by atoms with Gasteiger partial charge in [0.25, 0.3) is 0 Å². The second kappa shape index (κ2) is 9.23. The highest BCUT2D eigenvalue weighted by Gasteiger charge is 2.28. The summed E-state index contributed by atoms with van der Waals surface area (Å²) in [5, 5.41) is 18.4. The van der Waals surface area contributed by atoms with Gasteiger partial charge in [-0.25, -0.2) is 0 Å². The molecule has 0 bridgehead atoms. The highest BCUT2D eigenvalue weighted by atomic mass is 35.5. The van der Waals surface area contributed by atoms with Crippen molar-refractivity contribution in [2.45, 2.75) is 70.5 Å². The third kappa shape index (κ3) is 4.72. The second-order valence-electron chi connectivity index (χ2n) is 8.52. The Bertz CT molecular complexity index is 768. The Morgan fingerprint density at radius 1 is 1.17 bits per heavy atom. The molecular formula is C22H34ClN5O. The van der Waals surface area contributed by atoms with Crippen molar-refractivity contribution in [1.82, 2.24) is 21.3 Å². The summed E-state index contributed by atoms with van der Waals surface area (Å²) in [4.78, 5) is 0. The molecule has 5 N–H and O–H groups in total. The van der Waals surface area contributed by atoms with Crippen molar-refractivity contribution in [3.05, 3.63) is 28.3 Å². The van der Waals surface area contributed by atoms with Crippen LogP contribution in [-0.4, -0.2) is 44.7 Å². The van der Waals surface area contributed by atoms with Crippen LogP contribution in [0.1, 0.15) is 50.7 Å². The molecular weight excluding hydrogens is 386 g/mol. The van der Waals surface area contributed by atoms with Crippen LogP contribution in [-0.2, 0) is 6.42 Å². The minimum Gasteiger partial charge on any atom is -0.493 e. The van der Waals surface area contributed by atoms with Gasteiger partial charge in [-0.3, -0.25) is 10.6 Å². The van der Waals surface area contributed by atoms with E-state index < -0.39 is 0 Å². The van der Waals surface area contributed by atoms with E-state index in [9.17, 15) is 0 Å². The van der Waals surface area contributed by atoms with Gasteiger partial charge in [0, 0.05) is 24.2 Å². The smallest absolute Gasteiger partial charge is 0.133 e. The lowest BCUT2D eigenvalue weighted by Crippen LogP contribution is -2.63. The Balaban J connectivity index is 1.67. The second-order valence-corrected chi connectivity index (χ2v) is 8.90. The fourth-order valence-electron chi connectivity index (χ4n) is 4.53. The molecule has 0 aliphatic carbocycles. The maximum atomic E-state index is 7.02. The molecule has 3 aliphatic rings. The standard InChI is InChI=1S/C22H34ClN5O/c1-13-6-7-15(8-9-25-13)19-20(23)17(12-16-5-4-10-29-21(16)19)27-22-26-14(2)11-18(24-3)28-22/h8,12-14,18,22,24-28H,4-7,9-11H2,1-3H3/t13-,14?,18?,22?/m1/s1. The molecule has 4 atom stereocenters. The van der Waals surface area contributed by atoms with Crippen LogP contribution in [0.3, 0.4) is 0 Å². The SMILES string of the molecule is CNC1CC(C)NC(Nc2cc3c(c(C4=CCN[C@H](C)CC4)c2Cl)OCCC3)N1. The van der Waals surface area contributed by atoms with Gasteiger partial charge in [-0.15, -0.1) is 0 Å². The van der Waals surface area contributed by atoms with E-state index in [0.29, 0.717) is 12.1 Å². The van der Waals surface area contributed by atoms with E-state index in [4.69, 9.17) is 16.3 Å². The average Bonchev–Trinajstić information content (AvgIpc) is 2.92. The van der Waals surface area contributed by atoms with Crippen molar-refractivity contribution in [2.24, 2.45) is 0 Å². The number of benzene rings is 1. The molecule has 0 spiro atoms. The predicted octanol–water partition coefficient (Wildman–Crippen LogP) is 3.03. The zero-order valence-electron chi connectivity index (χ0n) is 17.7. The number of aryl methyl sites for hydroxylation is 1. The van der Waals surface area contributed by atoms with E-state index >= 15 is 0 Å². The van der Waals surface area contributed by atoms with Gasteiger partial charge in [-0.05, 0) is 70.2 Å². The van der Waals surface area contributed by atoms with Gasteiger partial charge in [0.2, 0.25) is 0 Å². The van der Waals surface area contributed by atoms with Crippen LogP contribution in [0.2, 0.25) is 5.02 Å². The van der Waals surface area contributed by atoms with Gasteiger partial charge in [-0.2, -0.15) is 0 Å². The third-order valence-corrected chi connectivity index (χ3v) is 6.56. The minimum absolute atomic E-state index is 0.0473. The Morgan fingerprint density at radius 2 is 2.03 bits per heavy atom. The number of hydrogen-bond donors (Lipinski definition) is 5. The number of allylic oxidation sites excluding steroid dienone is 1. The van der Waals surface area contributed by atoms with E-state index in [0.717, 1.165) is 67.3 Å². The summed E-state index contributed by atoms with van der Waals surface area (Å²) in [5.74, 6) is 0.985. The Hall–Kier alpha value is -1.31. The highest BCUT2D eigenvalue weighted by Crippen LogP contribution is 2.44. The number of hydrogen-bond acceptors (Lipinski definition) is 6. The topological polar surface area (TPSA) is 69.4 Å². The number of anilines is 1. The number of ether oxygens (including phenoxy) is 1. The quantitative estimate of drug-likeness (QED) is 0.517. The normalized spacial score (nSPS) is 30.0. The molecule has 3 unspecified atom stereocenters. The molecule has 1 aromatic rings. The summed E-state index contributed by atoms with van der Waals surface area (Å²) in [6, 6.07) is 3.09. The number of halogens is 1. The largest absolute Gasteiger partial charge is 0.493 e. The summed E-state index contributed by atoms with van der Waals surface area (Å²) in [6.45, 7) is 6.07. The van der Waals surface area contributed by atoms with Crippen molar-refractivity contribution in [3.8, 4) is 5.75 Å². The lowest BCUT2D eigenvalue weighted by atomic mass is 9.93. The first-order chi connectivity index (χ1) is 14.0. The number of rotatable bonds is 4. The van der Waals surface area contributed by atoms with Crippen LogP contribution in [0, 0.1) is 0 Å². The average molecular weight is 420 g/mol. The minimum atomic E-state index is -0.0473. The summed E-state index contributed by atoms with van der Waals surface area (Å²) in [7, 11) is 1.99. The molecule has 0 radical (unpaired) electrons. The van der Waals surface area contributed by atoms with Crippen LogP contribution in [0.4, 0.5) is 5.69 Å². The fourth-order valence-corrected chi connectivity index (χ4v) is 4.84. The Morgan fingerprint density at radius 3 is 2.86 bits per heavy atom. The Labute approximate surface area is 179 Å². The lowest BCUT2D eigenvalue weighted by molar-refractivity contribution is 0.249. The fraction of sp³-hybridized carbons (Fsp3) is 0.636. The molecule has 6 nitrogen and oxygen atoms in total. The van der Waals surface area contributed by atoms with Crippen molar-refractivity contribution in [2.75, 3.05) is 25.5 Å². The molecule has 0 aromatic heterocycles. The molecule has 1 aromatic carbocycles. The monoisotopic (exact) mass is 419 g/mol. The third-order valence-electron chi connectivity index (χ3n) is 6.17. The van der Waals surface area contributed by atoms with E-state index in [1.165, 1.54) is 11.1 Å². The van der Waals surface area contributed by atoms with E-state index in [-0.39, 0.29) is 12.5 Å². The van der Waals surface area contributed by atoms with Crippen LogP contribution < -0.4 is 31.3 Å². The van der Waals surface area contributed by atoms with Crippen molar-refractivity contribution in [1.29, 1.82) is 0 Å². The first kappa shape index (κ1) is 20.9. The zero-order chi connectivity index (χ0) is 20.4. The summed E-state index contributed by atoms with van der Waals surface area (Å²) < 4.78 is 6.14. The van der Waals surface area contributed by atoms with Crippen LogP contribution in [0.5, 0.6) is 5.75 Å². The van der Waals surface area contributed by atoms with Crippen LogP contribution in [0.15, 0.2) is 12.1 Å². The first-order valence-corrected chi connectivity index (χ1v) is 11.3. The van der Waals surface area contributed by atoms with Gasteiger partial charge in [0.15, 0.2) is 0 Å². The van der Waals surface area contributed by atoms with Gasteiger partial charge in [0.1, 0.15) is 12.0 Å². The molecule has 29 heavy (non-hydrogen) atoms. The van der Waals surface area contributed by atoms with Crippen molar-refractivity contribution < 1.29 is 4.74 Å². The maximum absolute atomic E-state index is 7.02. The van der Waals surface area contributed by atoms with Crippen LogP contribution in [0.25, 0.3) is 5.57 Å². The van der Waals surface area contributed by atoms with Gasteiger partial charge < -0.3 is 20.7 Å². The van der Waals surface area contributed by atoms with E-state index in [2.05, 4.69) is 52.6 Å². The van der Waals surface area contributed by atoms with Crippen molar-refractivity contribution >= 4 is 22.9 Å². The molecule has 1 saturated heterocycles. The molecule has 4 rings (SSSR count). The van der Waals surface area contributed by atoms with E-state index in [1.807, 2.05) is 7.05 Å². The molecule has 1 fully saturated rings. The Kier molecular flexibility index (Phi) is 6.66. The number of fused-ring (bicyclic) bond motifs is 1. The number of nitrogens with one attached hydrogen (secondary N) is 5. The molecule has 7 heteroatoms. The maximum Gasteiger partial charge on any atom is 0.133 e. The zero-order valence-corrected chi connectivity index (χ0v) is 18.5. The molecule has 0 amide bonds. The van der Waals surface area contributed by atoms with Crippen LogP contribution >= 0.6 is 11.6 Å². The summed E-state index contributed by atoms with van der Waals surface area (Å²) in [5.41, 5.74) is 4.58. The molecule has 0 saturated carbocycles. The molecule has 160 valence electrons. The van der Waals surface area contributed by atoms with Gasteiger partial charge in [-0.1, -0.05) is 17.7 Å². The van der Waals surface area contributed by atoms with Gasteiger partial charge in [0.05, 0.1) is 23.5 Å². The predicted molar refractivity (Wildman–Crippen MR) is 121 cm³/mol. The summed E-state index contributed by atoms with van der Waals surface area (Å²) in [6.07, 6.45) is 7.70. The first-order valence-electron chi connectivity index (χ1n) is 10.9. The highest BCUT2D eigenvalue weighted by molar-refractivity contribution is 6.35. The lowest BCUT2D eigenvalue weighted by Gasteiger charge is -2.37. The van der Waals surface area contributed by atoms with E-state index in [1.54, 1.807) is 0 Å². The molecule has 3 aliphatic heterocycles. The molecule has 3 heterocycles. The summed E-state index contributed by atoms with van der Waals surface area (Å²) >= 11 is 7.02. The van der Waals surface area contributed by atoms with Gasteiger partial charge >= 0.3 is 0 Å². The van der Waals surface area contributed by atoms with Crippen molar-refractivity contribution in [3.63, 3.8) is 0 Å².